The molecule has 0 aliphatic carbocycles. The Hall–Kier alpha value is -0.570. The molecule has 0 fully saturated rings. The van der Waals surface area contributed by atoms with Crippen molar-refractivity contribution in [2.45, 2.75) is 52.4 Å². The predicted octanol–water partition coefficient (Wildman–Crippen LogP) is 2.66. The smallest absolute Gasteiger partial charge is 0.303 e. The second kappa shape index (κ2) is 9.97. The lowest BCUT2D eigenvalue weighted by Gasteiger charge is -2.06. The number of hydrogen-bond donors (Lipinski definition) is 2. The molecule has 0 saturated carbocycles. The monoisotopic (exact) mass is 215 g/mol. The molecule has 90 valence electrons. The molecule has 0 aromatic carbocycles. The van der Waals surface area contributed by atoms with E-state index >= 15 is 0 Å². The van der Waals surface area contributed by atoms with Gasteiger partial charge in [0.25, 0.3) is 0 Å². The number of hydrogen-bond acceptors (Lipinski definition) is 2. The van der Waals surface area contributed by atoms with E-state index in [4.69, 9.17) is 5.11 Å². The third-order valence-electron chi connectivity index (χ3n) is 2.38. The van der Waals surface area contributed by atoms with Gasteiger partial charge in [0.2, 0.25) is 0 Å². The maximum Gasteiger partial charge on any atom is 0.303 e. The molecular formula is C12H25NO2. The van der Waals surface area contributed by atoms with Gasteiger partial charge < -0.3 is 10.4 Å². The van der Waals surface area contributed by atoms with Gasteiger partial charge in [-0.05, 0) is 44.7 Å². The van der Waals surface area contributed by atoms with Gasteiger partial charge in [0.05, 0.1) is 0 Å². The molecule has 0 unspecified atom stereocenters. The fourth-order valence-electron chi connectivity index (χ4n) is 1.46. The number of rotatable bonds is 10. The van der Waals surface area contributed by atoms with E-state index in [-0.39, 0.29) is 0 Å². The summed E-state index contributed by atoms with van der Waals surface area (Å²) in [5.74, 6) is 0.113. The highest BCUT2D eigenvalue weighted by atomic mass is 16.4. The van der Waals surface area contributed by atoms with Gasteiger partial charge in [0.15, 0.2) is 0 Å². The Bertz CT molecular complexity index is 158. The molecule has 15 heavy (non-hydrogen) atoms. The van der Waals surface area contributed by atoms with Crippen molar-refractivity contribution in [2.24, 2.45) is 5.92 Å². The van der Waals surface area contributed by atoms with Crippen LogP contribution in [0.3, 0.4) is 0 Å². The molecule has 0 atom stereocenters. The molecule has 2 N–H and O–H groups in total. The fraction of sp³-hybridized carbons (Fsp3) is 0.917. The second-order valence-corrected chi connectivity index (χ2v) is 4.49. The van der Waals surface area contributed by atoms with Crippen LogP contribution in [0.2, 0.25) is 0 Å². The van der Waals surface area contributed by atoms with Crippen molar-refractivity contribution in [3.8, 4) is 0 Å². The lowest BCUT2D eigenvalue weighted by Crippen LogP contribution is -2.17. The largest absolute Gasteiger partial charge is 0.481 e. The molecule has 0 rings (SSSR count). The number of aliphatic carboxylic acids is 1. The van der Waals surface area contributed by atoms with Gasteiger partial charge in [0.1, 0.15) is 0 Å². The predicted molar refractivity (Wildman–Crippen MR) is 63.0 cm³/mol. The molecule has 0 radical (unpaired) electrons. The summed E-state index contributed by atoms with van der Waals surface area (Å²) in [6.45, 7) is 6.60. The summed E-state index contributed by atoms with van der Waals surface area (Å²) in [5.41, 5.74) is 0. The summed E-state index contributed by atoms with van der Waals surface area (Å²) in [4.78, 5) is 10.2. The zero-order valence-corrected chi connectivity index (χ0v) is 10.1. The summed E-state index contributed by atoms with van der Waals surface area (Å²) in [7, 11) is 0. The zero-order valence-electron chi connectivity index (χ0n) is 10.1. The van der Waals surface area contributed by atoms with E-state index in [0.29, 0.717) is 6.42 Å². The summed E-state index contributed by atoms with van der Waals surface area (Å²) in [6.07, 6.45) is 5.76. The van der Waals surface area contributed by atoms with Crippen molar-refractivity contribution < 1.29 is 9.90 Å². The van der Waals surface area contributed by atoms with E-state index in [9.17, 15) is 4.79 Å². The third-order valence-corrected chi connectivity index (χ3v) is 2.38. The Morgan fingerprint density at radius 3 is 2.40 bits per heavy atom. The first-order valence-corrected chi connectivity index (χ1v) is 6.05. The molecule has 0 aromatic rings. The highest BCUT2D eigenvalue weighted by Gasteiger charge is 1.96. The van der Waals surface area contributed by atoms with Crippen LogP contribution in [0, 0.1) is 5.92 Å². The van der Waals surface area contributed by atoms with Crippen molar-refractivity contribution in [2.75, 3.05) is 13.1 Å². The summed E-state index contributed by atoms with van der Waals surface area (Å²) < 4.78 is 0. The molecule has 0 aliphatic heterocycles. The Labute approximate surface area is 93.3 Å². The Morgan fingerprint density at radius 1 is 1.13 bits per heavy atom. The van der Waals surface area contributed by atoms with Crippen LogP contribution < -0.4 is 5.32 Å². The standard InChI is InChI=1S/C12H25NO2/c1-11(2)7-6-10-13-9-5-3-4-8-12(14)15/h11,13H,3-10H2,1-2H3,(H,14,15). The lowest BCUT2D eigenvalue weighted by molar-refractivity contribution is -0.137. The minimum Gasteiger partial charge on any atom is -0.481 e. The van der Waals surface area contributed by atoms with E-state index in [1.54, 1.807) is 0 Å². The van der Waals surface area contributed by atoms with Crippen LogP contribution in [0.4, 0.5) is 0 Å². The molecule has 0 bridgehead atoms. The van der Waals surface area contributed by atoms with Crippen molar-refractivity contribution in [3.63, 3.8) is 0 Å². The van der Waals surface area contributed by atoms with Gasteiger partial charge >= 0.3 is 5.97 Å². The third kappa shape index (κ3) is 13.4. The van der Waals surface area contributed by atoms with Gasteiger partial charge in [-0.1, -0.05) is 20.3 Å². The average Bonchev–Trinajstić information content (AvgIpc) is 2.14. The number of carbonyl (C=O) groups is 1. The van der Waals surface area contributed by atoms with Gasteiger partial charge in [-0.2, -0.15) is 0 Å². The second-order valence-electron chi connectivity index (χ2n) is 4.49. The first kappa shape index (κ1) is 14.4. The molecule has 0 heterocycles. The van der Waals surface area contributed by atoms with E-state index in [1.165, 1.54) is 12.8 Å². The highest BCUT2D eigenvalue weighted by Crippen LogP contribution is 2.02. The van der Waals surface area contributed by atoms with Crippen molar-refractivity contribution in [3.05, 3.63) is 0 Å². The number of carboxylic acid groups (broad SMARTS) is 1. The fourth-order valence-corrected chi connectivity index (χ4v) is 1.46. The van der Waals surface area contributed by atoms with Crippen LogP contribution in [-0.4, -0.2) is 24.2 Å². The molecule has 0 amide bonds. The van der Waals surface area contributed by atoms with Gasteiger partial charge in [-0.15, -0.1) is 0 Å². The van der Waals surface area contributed by atoms with Crippen LogP contribution in [0.15, 0.2) is 0 Å². The molecule has 3 heteroatoms. The minimum absolute atomic E-state index is 0.313. The highest BCUT2D eigenvalue weighted by molar-refractivity contribution is 5.66. The average molecular weight is 215 g/mol. The van der Waals surface area contributed by atoms with Gasteiger partial charge in [-0.25, -0.2) is 0 Å². The van der Waals surface area contributed by atoms with Crippen molar-refractivity contribution in [1.29, 1.82) is 0 Å². The van der Waals surface area contributed by atoms with E-state index < -0.39 is 5.97 Å². The van der Waals surface area contributed by atoms with Crippen LogP contribution in [0.5, 0.6) is 0 Å². The first-order chi connectivity index (χ1) is 7.13. The van der Waals surface area contributed by atoms with Crippen LogP contribution in [-0.2, 0) is 4.79 Å². The molecule has 3 nitrogen and oxygen atoms in total. The van der Waals surface area contributed by atoms with E-state index in [2.05, 4.69) is 19.2 Å². The Morgan fingerprint density at radius 2 is 1.80 bits per heavy atom. The van der Waals surface area contributed by atoms with Crippen LogP contribution >= 0.6 is 0 Å². The topological polar surface area (TPSA) is 49.3 Å². The van der Waals surface area contributed by atoms with E-state index in [0.717, 1.165) is 38.3 Å². The molecule has 0 spiro atoms. The molecule has 0 saturated heterocycles. The maximum atomic E-state index is 10.2. The van der Waals surface area contributed by atoms with Crippen molar-refractivity contribution >= 4 is 5.97 Å². The maximum absolute atomic E-state index is 10.2. The van der Waals surface area contributed by atoms with Crippen LogP contribution in [0.1, 0.15) is 52.4 Å². The van der Waals surface area contributed by atoms with Crippen molar-refractivity contribution in [1.82, 2.24) is 5.32 Å². The molecule has 0 aromatic heterocycles. The summed E-state index contributed by atoms with van der Waals surface area (Å²) in [5, 5.41) is 11.8. The number of nitrogens with one attached hydrogen (secondary N) is 1. The molecule has 0 aliphatic rings. The Balaban J connectivity index is 2.96. The lowest BCUT2D eigenvalue weighted by atomic mass is 10.1. The summed E-state index contributed by atoms with van der Waals surface area (Å²) >= 11 is 0. The quantitative estimate of drug-likeness (QED) is 0.551. The van der Waals surface area contributed by atoms with E-state index in [1.807, 2.05) is 0 Å². The molecular weight excluding hydrogens is 190 g/mol. The van der Waals surface area contributed by atoms with Gasteiger partial charge in [0, 0.05) is 6.42 Å². The number of unbranched alkanes of at least 4 members (excludes halogenated alkanes) is 2. The first-order valence-electron chi connectivity index (χ1n) is 6.05. The van der Waals surface area contributed by atoms with Gasteiger partial charge in [-0.3, -0.25) is 4.79 Å². The zero-order chi connectivity index (χ0) is 11.5. The summed E-state index contributed by atoms with van der Waals surface area (Å²) in [6, 6.07) is 0. The normalized spacial score (nSPS) is 10.9. The Kier molecular flexibility index (Phi) is 9.59. The minimum atomic E-state index is -0.681. The SMILES string of the molecule is CC(C)CCCNCCCCCC(=O)O. The number of carboxylic acids is 1. The van der Waals surface area contributed by atoms with Crippen LogP contribution in [0.25, 0.3) is 0 Å².